The van der Waals surface area contributed by atoms with Crippen LogP contribution in [0.4, 0.5) is 5.82 Å². The topological polar surface area (TPSA) is 45.4 Å². The van der Waals surface area contributed by atoms with Crippen molar-refractivity contribution in [3.05, 3.63) is 23.9 Å². The van der Waals surface area contributed by atoms with Crippen molar-refractivity contribution in [3.8, 4) is 0 Å². The Hall–Kier alpha value is -1.13. The predicted octanol–water partition coefficient (Wildman–Crippen LogP) is 1.24. The van der Waals surface area contributed by atoms with Gasteiger partial charge in [0.2, 0.25) is 0 Å². The van der Waals surface area contributed by atoms with Crippen molar-refractivity contribution in [2.75, 3.05) is 31.6 Å². The van der Waals surface area contributed by atoms with Gasteiger partial charge in [-0.25, -0.2) is 4.98 Å². The zero-order valence-electron chi connectivity index (χ0n) is 10.9. The molecule has 0 aromatic carbocycles. The number of anilines is 1. The van der Waals surface area contributed by atoms with Gasteiger partial charge in [-0.05, 0) is 27.0 Å². The lowest BCUT2D eigenvalue weighted by Gasteiger charge is -2.39. The molecule has 1 aromatic rings. The summed E-state index contributed by atoms with van der Waals surface area (Å²) in [4.78, 5) is 9.24. The van der Waals surface area contributed by atoms with Crippen LogP contribution in [0.25, 0.3) is 0 Å². The first-order chi connectivity index (χ1) is 8.09. The molecule has 0 bridgehead atoms. The predicted molar refractivity (Wildman–Crippen MR) is 71.1 cm³/mol. The van der Waals surface area contributed by atoms with Gasteiger partial charge < -0.3 is 15.5 Å². The highest BCUT2D eigenvalue weighted by Crippen LogP contribution is 2.24. The van der Waals surface area contributed by atoms with Crippen molar-refractivity contribution >= 4 is 5.82 Å². The number of likely N-dealkylation sites (N-methyl/N-ethyl adjacent to an activating group) is 1. The van der Waals surface area contributed by atoms with Crippen molar-refractivity contribution in [3.63, 3.8) is 0 Å². The van der Waals surface area contributed by atoms with Gasteiger partial charge in [0.15, 0.2) is 0 Å². The molecular weight excluding hydrogens is 212 g/mol. The fourth-order valence-corrected chi connectivity index (χ4v) is 2.27. The van der Waals surface area contributed by atoms with Gasteiger partial charge in [0, 0.05) is 43.5 Å². The number of pyridine rings is 1. The zero-order valence-corrected chi connectivity index (χ0v) is 10.9. The highest BCUT2D eigenvalue weighted by atomic mass is 15.3. The van der Waals surface area contributed by atoms with Crippen LogP contribution in [0.15, 0.2) is 18.3 Å². The Morgan fingerprint density at radius 3 is 2.88 bits per heavy atom. The van der Waals surface area contributed by atoms with Gasteiger partial charge in [-0.2, -0.15) is 0 Å². The minimum atomic E-state index is 0.0358. The number of hydrogen-bond donors (Lipinski definition) is 1. The van der Waals surface area contributed by atoms with Gasteiger partial charge in [0.25, 0.3) is 0 Å². The maximum absolute atomic E-state index is 6.01. The van der Waals surface area contributed by atoms with Gasteiger partial charge in [-0.15, -0.1) is 0 Å². The number of hydrogen-bond acceptors (Lipinski definition) is 4. The molecule has 2 heterocycles. The Balaban J connectivity index is 2.22. The Morgan fingerprint density at radius 1 is 1.47 bits per heavy atom. The molecule has 1 fully saturated rings. The number of aromatic nitrogens is 1. The largest absolute Gasteiger partial charge is 0.354 e. The maximum atomic E-state index is 6.01. The van der Waals surface area contributed by atoms with E-state index in [2.05, 4.69) is 34.8 Å². The summed E-state index contributed by atoms with van der Waals surface area (Å²) in [6.07, 6.45) is 1.85. The standard InChI is InChI=1S/C13H22N4/c1-10-9-17(8-7-16(10)3)13-12(11(2)14)5-4-6-15-13/h4-6,10-11H,7-9,14H2,1-3H3. The van der Waals surface area contributed by atoms with Crippen LogP contribution in [-0.2, 0) is 0 Å². The molecule has 0 saturated carbocycles. The van der Waals surface area contributed by atoms with Gasteiger partial charge in [0.05, 0.1) is 0 Å². The molecule has 2 N–H and O–H groups in total. The SMILES string of the molecule is CC(N)c1cccnc1N1CCN(C)C(C)C1. The lowest BCUT2D eigenvalue weighted by molar-refractivity contribution is 0.233. The second kappa shape index (κ2) is 5.02. The normalized spacial score (nSPS) is 23.8. The van der Waals surface area contributed by atoms with E-state index in [1.807, 2.05) is 19.2 Å². The average molecular weight is 234 g/mol. The summed E-state index contributed by atoms with van der Waals surface area (Å²) in [6.45, 7) is 7.39. The van der Waals surface area contributed by atoms with E-state index < -0.39 is 0 Å². The summed E-state index contributed by atoms with van der Waals surface area (Å²) < 4.78 is 0. The molecule has 0 aliphatic carbocycles. The molecule has 0 spiro atoms. The molecule has 17 heavy (non-hydrogen) atoms. The number of rotatable bonds is 2. The highest BCUT2D eigenvalue weighted by molar-refractivity contribution is 5.48. The van der Waals surface area contributed by atoms with E-state index in [4.69, 9.17) is 5.73 Å². The number of nitrogens with two attached hydrogens (primary N) is 1. The second-order valence-electron chi connectivity index (χ2n) is 4.98. The smallest absolute Gasteiger partial charge is 0.133 e. The lowest BCUT2D eigenvalue weighted by atomic mass is 10.1. The lowest BCUT2D eigenvalue weighted by Crippen LogP contribution is -2.50. The minimum Gasteiger partial charge on any atom is -0.354 e. The van der Waals surface area contributed by atoms with E-state index in [1.54, 1.807) is 0 Å². The van der Waals surface area contributed by atoms with Crippen molar-refractivity contribution in [2.24, 2.45) is 5.73 Å². The first-order valence-electron chi connectivity index (χ1n) is 6.25. The van der Waals surface area contributed by atoms with Crippen molar-refractivity contribution < 1.29 is 0 Å². The molecule has 4 nitrogen and oxygen atoms in total. The molecule has 2 atom stereocenters. The van der Waals surface area contributed by atoms with Crippen LogP contribution < -0.4 is 10.6 Å². The first kappa shape index (κ1) is 12.3. The van der Waals surface area contributed by atoms with Crippen molar-refractivity contribution in [1.29, 1.82) is 0 Å². The quantitative estimate of drug-likeness (QED) is 0.836. The molecule has 94 valence electrons. The molecule has 0 radical (unpaired) electrons. The summed E-state index contributed by atoms with van der Waals surface area (Å²) in [5.74, 6) is 1.06. The third-order valence-electron chi connectivity index (χ3n) is 3.57. The van der Waals surface area contributed by atoms with Crippen LogP contribution in [0, 0.1) is 0 Å². The van der Waals surface area contributed by atoms with E-state index >= 15 is 0 Å². The fourth-order valence-electron chi connectivity index (χ4n) is 2.27. The minimum absolute atomic E-state index is 0.0358. The Kier molecular flexibility index (Phi) is 3.64. The fraction of sp³-hybridized carbons (Fsp3) is 0.615. The van der Waals surface area contributed by atoms with Crippen LogP contribution in [0.1, 0.15) is 25.5 Å². The Bertz CT molecular complexity index is 377. The van der Waals surface area contributed by atoms with Gasteiger partial charge in [-0.3, -0.25) is 0 Å². The average Bonchev–Trinajstić information content (AvgIpc) is 2.32. The summed E-state index contributed by atoms with van der Waals surface area (Å²) in [7, 11) is 2.17. The monoisotopic (exact) mass is 234 g/mol. The molecule has 2 rings (SSSR count). The first-order valence-corrected chi connectivity index (χ1v) is 6.25. The number of nitrogens with zero attached hydrogens (tertiary/aromatic N) is 3. The molecule has 0 amide bonds. The van der Waals surface area contributed by atoms with Gasteiger partial charge in [-0.1, -0.05) is 6.07 Å². The van der Waals surface area contributed by atoms with Crippen LogP contribution in [-0.4, -0.2) is 42.6 Å². The Morgan fingerprint density at radius 2 is 2.24 bits per heavy atom. The van der Waals surface area contributed by atoms with Gasteiger partial charge in [0.1, 0.15) is 5.82 Å². The van der Waals surface area contributed by atoms with E-state index in [9.17, 15) is 0 Å². The van der Waals surface area contributed by atoms with E-state index in [0.717, 1.165) is 31.0 Å². The van der Waals surface area contributed by atoms with Gasteiger partial charge >= 0.3 is 0 Å². The summed E-state index contributed by atoms with van der Waals surface area (Å²) in [5, 5.41) is 0. The molecule has 4 heteroatoms. The van der Waals surface area contributed by atoms with Crippen molar-refractivity contribution in [2.45, 2.75) is 25.9 Å². The van der Waals surface area contributed by atoms with Crippen LogP contribution in [0.5, 0.6) is 0 Å². The molecular formula is C13H22N4. The number of piperazine rings is 1. The van der Waals surface area contributed by atoms with Crippen LogP contribution >= 0.6 is 0 Å². The highest BCUT2D eigenvalue weighted by Gasteiger charge is 2.23. The molecule has 2 unspecified atom stereocenters. The molecule has 1 aromatic heterocycles. The van der Waals surface area contributed by atoms with E-state index in [0.29, 0.717) is 6.04 Å². The van der Waals surface area contributed by atoms with E-state index in [-0.39, 0.29) is 6.04 Å². The third-order valence-corrected chi connectivity index (χ3v) is 3.57. The zero-order chi connectivity index (χ0) is 12.4. The summed E-state index contributed by atoms with van der Waals surface area (Å²) >= 11 is 0. The van der Waals surface area contributed by atoms with Crippen LogP contribution in [0.3, 0.4) is 0 Å². The molecule has 1 aliphatic heterocycles. The summed E-state index contributed by atoms with van der Waals surface area (Å²) in [5.41, 5.74) is 7.15. The van der Waals surface area contributed by atoms with Crippen molar-refractivity contribution in [1.82, 2.24) is 9.88 Å². The Labute approximate surface area is 103 Å². The molecule has 1 saturated heterocycles. The molecule has 1 aliphatic rings. The second-order valence-corrected chi connectivity index (χ2v) is 4.98. The van der Waals surface area contributed by atoms with Crippen LogP contribution in [0.2, 0.25) is 0 Å². The maximum Gasteiger partial charge on any atom is 0.133 e. The third kappa shape index (κ3) is 2.58. The van der Waals surface area contributed by atoms with E-state index in [1.165, 1.54) is 0 Å². The summed E-state index contributed by atoms with van der Waals surface area (Å²) in [6, 6.07) is 4.64.